The smallest absolute Gasteiger partial charge is 0.117 e. The Morgan fingerprint density at radius 3 is 2.63 bits per heavy atom. The lowest BCUT2D eigenvalue weighted by Crippen LogP contribution is -2.47. The molecule has 1 saturated carbocycles. The third kappa shape index (κ3) is 4.66. The largest absolute Gasteiger partial charge is 0.468 e. The van der Waals surface area contributed by atoms with Crippen LogP contribution in [0.15, 0.2) is 22.8 Å². The van der Waals surface area contributed by atoms with E-state index in [0.29, 0.717) is 6.04 Å². The molecule has 1 aromatic rings. The van der Waals surface area contributed by atoms with Crippen LogP contribution in [0.3, 0.4) is 0 Å². The van der Waals surface area contributed by atoms with Crippen LogP contribution in [0.4, 0.5) is 0 Å². The molecule has 1 heterocycles. The Morgan fingerprint density at radius 2 is 2.16 bits per heavy atom. The molecule has 0 saturated heterocycles. The molecule has 1 N–H and O–H groups in total. The Balaban J connectivity index is 1.95. The number of rotatable bonds is 7. The van der Waals surface area contributed by atoms with E-state index in [1.807, 2.05) is 6.07 Å². The summed E-state index contributed by atoms with van der Waals surface area (Å²) >= 11 is 0. The lowest BCUT2D eigenvalue weighted by Gasteiger charge is -2.33. The minimum atomic E-state index is 0.188. The van der Waals surface area contributed by atoms with Crippen molar-refractivity contribution < 1.29 is 4.42 Å². The van der Waals surface area contributed by atoms with Crippen molar-refractivity contribution in [3.8, 4) is 0 Å². The molecule has 0 aliphatic heterocycles. The van der Waals surface area contributed by atoms with E-state index in [9.17, 15) is 0 Å². The van der Waals surface area contributed by atoms with Gasteiger partial charge in [-0.3, -0.25) is 4.90 Å². The monoisotopic (exact) mass is 264 g/mol. The Morgan fingerprint density at radius 1 is 1.42 bits per heavy atom. The third-order valence-electron chi connectivity index (χ3n) is 3.74. The highest BCUT2D eigenvalue weighted by Gasteiger charge is 2.34. The number of nitrogens with zero attached hydrogens (tertiary/aromatic N) is 1. The van der Waals surface area contributed by atoms with Crippen molar-refractivity contribution in [1.82, 2.24) is 10.2 Å². The Bertz CT molecular complexity index is 363. The van der Waals surface area contributed by atoms with Gasteiger partial charge in [-0.15, -0.1) is 0 Å². The maximum atomic E-state index is 5.52. The zero-order chi connectivity index (χ0) is 13.9. The van der Waals surface area contributed by atoms with Gasteiger partial charge in [-0.25, -0.2) is 0 Å². The van der Waals surface area contributed by atoms with Crippen molar-refractivity contribution >= 4 is 0 Å². The summed E-state index contributed by atoms with van der Waals surface area (Å²) in [7, 11) is 0. The summed E-state index contributed by atoms with van der Waals surface area (Å²) < 4.78 is 5.52. The lowest BCUT2D eigenvalue weighted by molar-refractivity contribution is 0.148. The van der Waals surface area contributed by atoms with Gasteiger partial charge in [0.25, 0.3) is 0 Å². The highest BCUT2D eigenvalue weighted by Crippen LogP contribution is 2.31. The van der Waals surface area contributed by atoms with Crippen LogP contribution in [0, 0.1) is 0 Å². The summed E-state index contributed by atoms with van der Waals surface area (Å²) in [5, 5.41) is 3.64. The van der Waals surface area contributed by atoms with Crippen LogP contribution >= 0.6 is 0 Å². The second-order valence-corrected chi connectivity index (χ2v) is 6.68. The zero-order valence-electron chi connectivity index (χ0n) is 12.8. The summed E-state index contributed by atoms with van der Waals surface area (Å²) in [5.74, 6) is 1.08. The van der Waals surface area contributed by atoms with Crippen molar-refractivity contribution in [2.24, 2.45) is 0 Å². The molecule has 108 valence electrons. The molecule has 1 atom stereocenters. The van der Waals surface area contributed by atoms with Gasteiger partial charge in [0.15, 0.2) is 0 Å². The van der Waals surface area contributed by atoms with Crippen LogP contribution in [0.5, 0.6) is 0 Å². The molecule has 1 aliphatic rings. The summed E-state index contributed by atoms with van der Waals surface area (Å²) in [6.07, 6.45) is 5.63. The SMILES string of the molecule is CCC(CNC(C)(C)C)N(Cc1ccco1)C1CC1. The van der Waals surface area contributed by atoms with Gasteiger partial charge in [0, 0.05) is 24.2 Å². The van der Waals surface area contributed by atoms with Crippen LogP contribution in [0.2, 0.25) is 0 Å². The molecule has 0 radical (unpaired) electrons. The van der Waals surface area contributed by atoms with E-state index in [0.717, 1.165) is 24.9 Å². The van der Waals surface area contributed by atoms with Gasteiger partial charge in [-0.05, 0) is 52.2 Å². The summed E-state index contributed by atoms with van der Waals surface area (Å²) in [6, 6.07) is 5.42. The number of hydrogen-bond acceptors (Lipinski definition) is 3. The molecule has 3 heteroatoms. The molecule has 2 rings (SSSR count). The van der Waals surface area contributed by atoms with Crippen molar-refractivity contribution in [2.45, 2.75) is 71.1 Å². The van der Waals surface area contributed by atoms with Gasteiger partial charge in [0.2, 0.25) is 0 Å². The molecule has 1 aromatic heterocycles. The topological polar surface area (TPSA) is 28.4 Å². The van der Waals surface area contributed by atoms with Crippen LogP contribution in [0.1, 0.15) is 52.7 Å². The standard InChI is InChI=1S/C16H28N2O/c1-5-13(11-17-16(2,3)4)18(14-8-9-14)12-15-7-6-10-19-15/h6-7,10,13-14,17H,5,8-9,11-12H2,1-4H3. The van der Waals surface area contributed by atoms with E-state index < -0.39 is 0 Å². The number of nitrogens with one attached hydrogen (secondary N) is 1. The molecular formula is C16H28N2O. The summed E-state index contributed by atoms with van der Waals surface area (Å²) in [4.78, 5) is 2.62. The van der Waals surface area contributed by atoms with Crippen LogP contribution < -0.4 is 5.32 Å². The Labute approximate surface area is 117 Å². The number of furan rings is 1. The average Bonchev–Trinajstić information content (AvgIpc) is 3.05. The molecule has 0 amide bonds. The van der Waals surface area contributed by atoms with Crippen LogP contribution in [-0.4, -0.2) is 29.1 Å². The van der Waals surface area contributed by atoms with Crippen LogP contribution in [0.25, 0.3) is 0 Å². The van der Waals surface area contributed by atoms with E-state index in [1.165, 1.54) is 19.3 Å². The number of hydrogen-bond donors (Lipinski definition) is 1. The van der Waals surface area contributed by atoms with Gasteiger partial charge in [-0.2, -0.15) is 0 Å². The Kier molecular flexibility index (Phi) is 4.69. The first kappa shape index (κ1) is 14.6. The second kappa shape index (κ2) is 6.10. The minimum Gasteiger partial charge on any atom is -0.468 e. The van der Waals surface area contributed by atoms with E-state index in [2.05, 4.69) is 44.0 Å². The third-order valence-corrected chi connectivity index (χ3v) is 3.74. The quantitative estimate of drug-likeness (QED) is 0.818. The summed E-state index contributed by atoms with van der Waals surface area (Å²) in [6.45, 7) is 11.0. The maximum absolute atomic E-state index is 5.52. The predicted molar refractivity (Wildman–Crippen MR) is 79.1 cm³/mol. The molecule has 1 fully saturated rings. The normalized spacial score (nSPS) is 17.9. The van der Waals surface area contributed by atoms with Crippen molar-refractivity contribution in [2.75, 3.05) is 6.54 Å². The zero-order valence-corrected chi connectivity index (χ0v) is 12.8. The first-order valence-corrected chi connectivity index (χ1v) is 7.53. The fourth-order valence-electron chi connectivity index (χ4n) is 2.47. The molecular weight excluding hydrogens is 236 g/mol. The van der Waals surface area contributed by atoms with Crippen molar-refractivity contribution in [1.29, 1.82) is 0 Å². The van der Waals surface area contributed by atoms with Gasteiger partial charge in [0.05, 0.1) is 12.8 Å². The average molecular weight is 264 g/mol. The van der Waals surface area contributed by atoms with Crippen molar-refractivity contribution in [3.05, 3.63) is 24.2 Å². The highest BCUT2D eigenvalue weighted by atomic mass is 16.3. The Hall–Kier alpha value is -0.800. The van der Waals surface area contributed by atoms with Gasteiger partial charge in [0.1, 0.15) is 5.76 Å². The molecule has 0 spiro atoms. The van der Waals surface area contributed by atoms with Crippen LogP contribution in [-0.2, 0) is 6.54 Å². The van der Waals surface area contributed by atoms with Gasteiger partial charge >= 0.3 is 0 Å². The molecule has 19 heavy (non-hydrogen) atoms. The highest BCUT2D eigenvalue weighted by molar-refractivity contribution is 5.01. The van der Waals surface area contributed by atoms with Crippen molar-refractivity contribution in [3.63, 3.8) is 0 Å². The van der Waals surface area contributed by atoms with E-state index in [4.69, 9.17) is 4.42 Å². The minimum absolute atomic E-state index is 0.188. The lowest BCUT2D eigenvalue weighted by atomic mass is 10.1. The van der Waals surface area contributed by atoms with E-state index in [-0.39, 0.29) is 5.54 Å². The fourth-order valence-corrected chi connectivity index (χ4v) is 2.47. The fraction of sp³-hybridized carbons (Fsp3) is 0.750. The molecule has 3 nitrogen and oxygen atoms in total. The second-order valence-electron chi connectivity index (χ2n) is 6.68. The summed E-state index contributed by atoms with van der Waals surface area (Å²) in [5.41, 5.74) is 0.188. The van der Waals surface area contributed by atoms with Gasteiger partial charge in [-0.1, -0.05) is 6.92 Å². The van der Waals surface area contributed by atoms with E-state index >= 15 is 0 Å². The van der Waals surface area contributed by atoms with E-state index in [1.54, 1.807) is 6.26 Å². The first-order chi connectivity index (χ1) is 8.99. The molecule has 1 unspecified atom stereocenters. The predicted octanol–water partition coefficient (Wildman–Crippen LogP) is 3.41. The molecule has 0 aromatic carbocycles. The molecule has 1 aliphatic carbocycles. The molecule has 0 bridgehead atoms. The maximum Gasteiger partial charge on any atom is 0.117 e. The van der Waals surface area contributed by atoms with Gasteiger partial charge < -0.3 is 9.73 Å². The first-order valence-electron chi connectivity index (χ1n) is 7.53.